The Labute approximate surface area is 105 Å². The van der Waals surface area contributed by atoms with Crippen LogP contribution < -0.4 is 5.32 Å². The summed E-state index contributed by atoms with van der Waals surface area (Å²) in [4.78, 5) is 4.56. The molecule has 3 heteroatoms. The lowest BCUT2D eigenvalue weighted by molar-refractivity contribution is 0.0603. The van der Waals surface area contributed by atoms with Crippen LogP contribution >= 0.6 is 0 Å². The molecule has 17 heavy (non-hydrogen) atoms. The lowest BCUT2D eigenvalue weighted by Gasteiger charge is -2.20. The van der Waals surface area contributed by atoms with Crippen LogP contribution in [0, 0.1) is 6.92 Å². The third-order valence-electron chi connectivity index (χ3n) is 2.50. The van der Waals surface area contributed by atoms with E-state index in [1.807, 2.05) is 19.1 Å². The van der Waals surface area contributed by atoms with Crippen LogP contribution in [0.15, 0.2) is 18.2 Å². The van der Waals surface area contributed by atoms with Gasteiger partial charge < -0.3 is 10.1 Å². The second-order valence-electron chi connectivity index (χ2n) is 4.59. The van der Waals surface area contributed by atoms with Gasteiger partial charge in [0, 0.05) is 5.69 Å². The highest BCUT2D eigenvalue weighted by atomic mass is 16.5. The number of aromatic nitrogens is 1. The van der Waals surface area contributed by atoms with Crippen molar-refractivity contribution < 1.29 is 4.74 Å². The Morgan fingerprint density at radius 1 is 1.35 bits per heavy atom. The van der Waals surface area contributed by atoms with Crippen molar-refractivity contribution in [2.75, 3.05) is 13.2 Å². The van der Waals surface area contributed by atoms with Gasteiger partial charge in [0.1, 0.15) is 0 Å². The van der Waals surface area contributed by atoms with Gasteiger partial charge in [0.05, 0.1) is 24.4 Å². The van der Waals surface area contributed by atoms with Crippen LogP contribution in [-0.4, -0.2) is 24.2 Å². The molecule has 1 unspecified atom stereocenters. The molecule has 1 heterocycles. The molecule has 0 fully saturated rings. The van der Waals surface area contributed by atoms with E-state index in [0.29, 0.717) is 6.61 Å². The van der Waals surface area contributed by atoms with Crippen LogP contribution in [0.5, 0.6) is 0 Å². The molecule has 0 amide bonds. The standard InChI is InChI=1S/C14H24N2O/c1-5-9-15-14(10-17-11(2)3)13-8-6-7-12(4)16-13/h6-8,11,14-15H,5,9-10H2,1-4H3. The molecule has 0 aromatic carbocycles. The number of pyridine rings is 1. The monoisotopic (exact) mass is 236 g/mol. The quantitative estimate of drug-likeness (QED) is 0.790. The summed E-state index contributed by atoms with van der Waals surface area (Å²) in [6.07, 6.45) is 1.37. The first kappa shape index (κ1) is 14.1. The maximum atomic E-state index is 5.69. The highest BCUT2D eigenvalue weighted by molar-refractivity contribution is 5.13. The molecule has 0 saturated carbocycles. The van der Waals surface area contributed by atoms with Crippen LogP contribution in [0.4, 0.5) is 0 Å². The van der Waals surface area contributed by atoms with Gasteiger partial charge in [-0.15, -0.1) is 0 Å². The molecule has 96 valence electrons. The van der Waals surface area contributed by atoms with Crippen LogP contribution in [0.1, 0.15) is 44.6 Å². The average molecular weight is 236 g/mol. The van der Waals surface area contributed by atoms with E-state index in [9.17, 15) is 0 Å². The van der Waals surface area contributed by atoms with Gasteiger partial charge in [0.25, 0.3) is 0 Å². The Hall–Kier alpha value is -0.930. The zero-order valence-electron chi connectivity index (χ0n) is 11.4. The summed E-state index contributed by atoms with van der Waals surface area (Å²) in [5, 5.41) is 3.48. The summed E-state index contributed by atoms with van der Waals surface area (Å²) < 4.78 is 5.69. The molecule has 0 aliphatic carbocycles. The number of ether oxygens (including phenoxy) is 1. The molecule has 0 bridgehead atoms. The van der Waals surface area contributed by atoms with Gasteiger partial charge in [-0.25, -0.2) is 0 Å². The smallest absolute Gasteiger partial charge is 0.0732 e. The first-order valence-corrected chi connectivity index (χ1v) is 6.42. The summed E-state index contributed by atoms with van der Waals surface area (Å²) in [6.45, 7) is 9.96. The fourth-order valence-corrected chi connectivity index (χ4v) is 1.61. The van der Waals surface area contributed by atoms with Gasteiger partial charge in [0.2, 0.25) is 0 Å². The second kappa shape index (κ2) is 7.41. The Morgan fingerprint density at radius 3 is 2.71 bits per heavy atom. The molecule has 1 N–H and O–H groups in total. The number of hydrogen-bond acceptors (Lipinski definition) is 3. The van der Waals surface area contributed by atoms with E-state index in [1.54, 1.807) is 0 Å². The van der Waals surface area contributed by atoms with Crippen molar-refractivity contribution in [3.63, 3.8) is 0 Å². The van der Waals surface area contributed by atoms with E-state index in [-0.39, 0.29) is 12.1 Å². The van der Waals surface area contributed by atoms with E-state index < -0.39 is 0 Å². The third kappa shape index (κ3) is 5.29. The van der Waals surface area contributed by atoms with Gasteiger partial charge in [-0.1, -0.05) is 13.0 Å². The second-order valence-corrected chi connectivity index (χ2v) is 4.59. The van der Waals surface area contributed by atoms with Crippen molar-refractivity contribution in [3.8, 4) is 0 Å². The first-order chi connectivity index (χ1) is 8.13. The van der Waals surface area contributed by atoms with Crippen molar-refractivity contribution in [2.24, 2.45) is 0 Å². The Morgan fingerprint density at radius 2 is 2.12 bits per heavy atom. The van der Waals surface area contributed by atoms with Gasteiger partial charge in [-0.2, -0.15) is 0 Å². The molecule has 3 nitrogen and oxygen atoms in total. The largest absolute Gasteiger partial charge is 0.377 e. The van der Waals surface area contributed by atoms with Crippen LogP contribution in [0.25, 0.3) is 0 Å². The lowest BCUT2D eigenvalue weighted by atomic mass is 10.2. The summed E-state index contributed by atoms with van der Waals surface area (Å²) >= 11 is 0. The van der Waals surface area contributed by atoms with E-state index in [0.717, 1.165) is 24.4 Å². The Kier molecular flexibility index (Phi) is 6.16. The maximum absolute atomic E-state index is 5.69. The highest BCUT2D eigenvalue weighted by Crippen LogP contribution is 2.12. The SMILES string of the molecule is CCCNC(COC(C)C)c1cccc(C)n1. The Bertz CT molecular complexity index is 326. The topological polar surface area (TPSA) is 34.1 Å². The molecular formula is C14H24N2O. The predicted molar refractivity (Wildman–Crippen MR) is 71.1 cm³/mol. The number of aryl methyl sites for hydroxylation is 1. The fourth-order valence-electron chi connectivity index (χ4n) is 1.61. The van der Waals surface area contributed by atoms with Crippen LogP contribution in [0.3, 0.4) is 0 Å². The number of rotatable bonds is 7. The van der Waals surface area contributed by atoms with E-state index >= 15 is 0 Å². The molecule has 1 aromatic rings. The molecule has 0 radical (unpaired) electrons. The molecule has 1 atom stereocenters. The number of nitrogens with zero attached hydrogens (tertiary/aromatic N) is 1. The minimum atomic E-state index is 0.192. The molecule has 0 aliphatic heterocycles. The van der Waals surface area contributed by atoms with Crippen LogP contribution in [0.2, 0.25) is 0 Å². The van der Waals surface area contributed by atoms with E-state index in [4.69, 9.17) is 4.74 Å². The summed E-state index contributed by atoms with van der Waals surface area (Å²) in [6, 6.07) is 6.32. The van der Waals surface area contributed by atoms with Crippen molar-refractivity contribution >= 4 is 0 Å². The maximum Gasteiger partial charge on any atom is 0.0732 e. The molecule has 0 saturated heterocycles. The number of hydrogen-bond donors (Lipinski definition) is 1. The van der Waals surface area contributed by atoms with Crippen molar-refractivity contribution in [1.29, 1.82) is 0 Å². The Balaban J connectivity index is 2.67. The minimum Gasteiger partial charge on any atom is -0.377 e. The number of nitrogens with one attached hydrogen (secondary N) is 1. The molecule has 1 aromatic heterocycles. The zero-order chi connectivity index (χ0) is 12.7. The molecule has 0 spiro atoms. The van der Waals surface area contributed by atoms with E-state index in [2.05, 4.69) is 37.1 Å². The average Bonchev–Trinajstić information content (AvgIpc) is 2.29. The zero-order valence-corrected chi connectivity index (χ0v) is 11.4. The summed E-state index contributed by atoms with van der Waals surface area (Å²) in [7, 11) is 0. The summed E-state index contributed by atoms with van der Waals surface area (Å²) in [5.41, 5.74) is 2.12. The van der Waals surface area contributed by atoms with Crippen molar-refractivity contribution in [2.45, 2.75) is 46.3 Å². The van der Waals surface area contributed by atoms with Gasteiger partial charge in [-0.05, 0) is 45.9 Å². The van der Waals surface area contributed by atoms with Crippen molar-refractivity contribution in [3.05, 3.63) is 29.6 Å². The van der Waals surface area contributed by atoms with E-state index in [1.165, 1.54) is 0 Å². The first-order valence-electron chi connectivity index (χ1n) is 6.42. The van der Waals surface area contributed by atoms with Crippen LogP contribution in [-0.2, 0) is 4.74 Å². The minimum absolute atomic E-state index is 0.192. The van der Waals surface area contributed by atoms with Crippen molar-refractivity contribution in [1.82, 2.24) is 10.3 Å². The lowest BCUT2D eigenvalue weighted by Crippen LogP contribution is -2.28. The third-order valence-corrected chi connectivity index (χ3v) is 2.50. The van der Waals surface area contributed by atoms with Gasteiger partial charge >= 0.3 is 0 Å². The molecule has 1 rings (SSSR count). The summed E-state index contributed by atoms with van der Waals surface area (Å²) in [5.74, 6) is 0. The fraction of sp³-hybridized carbons (Fsp3) is 0.643. The normalized spacial score (nSPS) is 13.0. The highest BCUT2D eigenvalue weighted by Gasteiger charge is 2.13. The van der Waals surface area contributed by atoms with Gasteiger partial charge in [0.15, 0.2) is 0 Å². The predicted octanol–water partition coefficient (Wildman–Crippen LogP) is 2.86. The van der Waals surface area contributed by atoms with Gasteiger partial charge in [-0.3, -0.25) is 4.98 Å². The molecule has 0 aliphatic rings. The molecular weight excluding hydrogens is 212 g/mol.